The summed E-state index contributed by atoms with van der Waals surface area (Å²) in [5.74, 6) is 1.77. The molecule has 2 aromatic carbocycles. The van der Waals surface area contributed by atoms with Gasteiger partial charge in [0.1, 0.15) is 0 Å². The number of nitrogens with one attached hydrogen (secondary N) is 1. The van der Waals surface area contributed by atoms with Crippen molar-refractivity contribution in [2.24, 2.45) is 0 Å². The number of methoxy groups -OCH3 is 2. The van der Waals surface area contributed by atoms with Crippen LogP contribution >= 0.6 is 0 Å². The maximum absolute atomic E-state index is 12.7. The van der Waals surface area contributed by atoms with Crippen LogP contribution in [0.2, 0.25) is 0 Å². The molecule has 0 unspecified atom stereocenters. The molecule has 0 spiro atoms. The Morgan fingerprint density at radius 1 is 0.900 bits per heavy atom. The van der Waals surface area contributed by atoms with E-state index in [9.17, 15) is 4.79 Å². The highest BCUT2D eigenvalue weighted by atomic mass is 16.5. The quantitative estimate of drug-likeness (QED) is 0.703. The van der Waals surface area contributed by atoms with E-state index in [1.54, 1.807) is 31.2 Å². The second-order valence-electron chi connectivity index (χ2n) is 6.92. The number of urea groups is 1. The van der Waals surface area contributed by atoms with Gasteiger partial charge in [-0.15, -0.1) is 5.10 Å². The van der Waals surface area contributed by atoms with Gasteiger partial charge in [0.2, 0.25) is 0 Å². The summed E-state index contributed by atoms with van der Waals surface area (Å²) in [7, 11) is 3.19. The summed E-state index contributed by atoms with van der Waals surface area (Å²) < 4.78 is 12.3. The van der Waals surface area contributed by atoms with E-state index >= 15 is 0 Å². The lowest BCUT2D eigenvalue weighted by Crippen LogP contribution is -2.50. The molecule has 3 aromatic rings. The van der Waals surface area contributed by atoms with Crippen molar-refractivity contribution in [1.82, 2.24) is 14.7 Å². The van der Waals surface area contributed by atoms with Gasteiger partial charge in [-0.2, -0.15) is 0 Å². The van der Waals surface area contributed by atoms with Crippen molar-refractivity contribution >= 4 is 17.5 Å². The first kappa shape index (κ1) is 19.6. The number of ether oxygens (including phenoxy) is 2. The Morgan fingerprint density at radius 2 is 1.63 bits per heavy atom. The molecule has 1 aliphatic heterocycles. The van der Waals surface area contributed by atoms with E-state index in [1.165, 1.54) is 5.69 Å². The van der Waals surface area contributed by atoms with E-state index in [0.717, 1.165) is 18.8 Å². The largest absolute Gasteiger partial charge is 0.493 e. The van der Waals surface area contributed by atoms with Crippen LogP contribution < -0.4 is 19.7 Å². The average molecular weight is 407 g/mol. The molecule has 1 aromatic heterocycles. The van der Waals surface area contributed by atoms with Crippen LogP contribution in [0.3, 0.4) is 0 Å². The van der Waals surface area contributed by atoms with Gasteiger partial charge in [0.05, 0.1) is 19.9 Å². The van der Waals surface area contributed by atoms with Crippen LogP contribution in [0, 0.1) is 0 Å². The molecule has 1 aliphatic rings. The van der Waals surface area contributed by atoms with Crippen molar-refractivity contribution in [1.29, 1.82) is 0 Å². The lowest BCUT2D eigenvalue weighted by Gasteiger charge is -2.35. The molecular weight excluding hydrogens is 382 g/mol. The summed E-state index contributed by atoms with van der Waals surface area (Å²) in [6, 6.07) is 17.4. The zero-order valence-electron chi connectivity index (χ0n) is 17.1. The summed E-state index contributed by atoms with van der Waals surface area (Å²) >= 11 is 0. The summed E-state index contributed by atoms with van der Waals surface area (Å²) in [5, 5.41) is 7.35. The molecule has 0 saturated carbocycles. The lowest BCUT2D eigenvalue weighted by atomic mass is 10.2. The molecule has 0 radical (unpaired) electrons. The Bertz CT molecular complexity index is 997. The zero-order valence-corrected chi connectivity index (χ0v) is 17.1. The van der Waals surface area contributed by atoms with Crippen molar-refractivity contribution in [3.8, 4) is 17.2 Å². The summed E-state index contributed by atoms with van der Waals surface area (Å²) in [6.45, 7) is 2.93. The number of aromatic nitrogens is 2. The monoisotopic (exact) mass is 407 g/mol. The van der Waals surface area contributed by atoms with Crippen LogP contribution in [0.25, 0.3) is 5.69 Å². The highest BCUT2D eigenvalue weighted by Crippen LogP contribution is 2.29. The van der Waals surface area contributed by atoms with E-state index in [4.69, 9.17) is 9.47 Å². The second-order valence-corrected chi connectivity index (χ2v) is 6.92. The van der Waals surface area contributed by atoms with Crippen molar-refractivity contribution in [3.05, 3.63) is 60.8 Å². The number of rotatable bonds is 5. The second kappa shape index (κ2) is 8.77. The van der Waals surface area contributed by atoms with E-state index in [0.29, 0.717) is 30.4 Å². The van der Waals surface area contributed by atoms with Gasteiger partial charge in [-0.3, -0.25) is 5.32 Å². The molecule has 1 saturated heterocycles. The third-order valence-electron chi connectivity index (χ3n) is 5.14. The smallest absolute Gasteiger partial charge is 0.323 e. The normalized spacial score (nSPS) is 13.8. The number of benzene rings is 2. The number of carbonyl (C=O) groups excluding carboxylic acids is 1. The van der Waals surface area contributed by atoms with Crippen LogP contribution in [0.5, 0.6) is 11.5 Å². The highest BCUT2D eigenvalue weighted by Gasteiger charge is 2.21. The van der Waals surface area contributed by atoms with Crippen LogP contribution in [-0.2, 0) is 0 Å². The van der Waals surface area contributed by atoms with Crippen LogP contribution in [-0.4, -0.2) is 61.1 Å². The number of piperazine rings is 1. The van der Waals surface area contributed by atoms with Crippen molar-refractivity contribution in [3.63, 3.8) is 0 Å². The molecule has 2 amide bonds. The van der Waals surface area contributed by atoms with E-state index in [1.807, 2.05) is 41.3 Å². The van der Waals surface area contributed by atoms with Crippen LogP contribution in [0.4, 0.5) is 16.3 Å². The number of hydrogen-bond acceptors (Lipinski definition) is 5. The Kier molecular flexibility index (Phi) is 5.74. The molecule has 4 rings (SSSR count). The molecule has 0 bridgehead atoms. The van der Waals surface area contributed by atoms with E-state index in [2.05, 4.69) is 27.4 Å². The topological polar surface area (TPSA) is 71.9 Å². The van der Waals surface area contributed by atoms with Gasteiger partial charge in [0.15, 0.2) is 17.3 Å². The minimum atomic E-state index is -0.139. The van der Waals surface area contributed by atoms with Crippen molar-refractivity contribution < 1.29 is 14.3 Å². The summed E-state index contributed by atoms with van der Waals surface area (Å²) in [4.78, 5) is 16.8. The highest BCUT2D eigenvalue weighted by molar-refractivity contribution is 5.88. The van der Waals surface area contributed by atoms with Crippen LogP contribution in [0.15, 0.2) is 60.8 Å². The van der Waals surface area contributed by atoms with Gasteiger partial charge in [0.25, 0.3) is 0 Å². The summed E-state index contributed by atoms with van der Waals surface area (Å²) in [5.41, 5.74) is 2.00. The minimum Gasteiger partial charge on any atom is -0.493 e. The average Bonchev–Trinajstić information content (AvgIpc) is 3.27. The Labute approximate surface area is 175 Å². The molecule has 8 heteroatoms. The van der Waals surface area contributed by atoms with Gasteiger partial charge in [-0.25, -0.2) is 9.48 Å². The zero-order chi connectivity index (χ0) is 20.9. The predicted molar refractivity (Wildman–Crippen MR) is 116 cm³/mol. The molecule has 1 N–H and O–H groups in total. The molecular formula is C22H25N5O3. The minimum absolute atomic E-state index is 0.139. The first-order valence-electron chi connectivity index (χ1n) is 9.82. The van der Waals surface area contributed by atoms with Gasteiger partial charge in [-0.05, 0) is 24.3 Å². The number of amides is 2. The Hall–Kier alpha value is -3.68. The number of nitrogens with zero attached hydrogens (tertiary/aromatic N) is 4. The van der Waals surface area contributed by atoms with Crippen molar-refractivity contribution in [2.75, 3.05) is 50.6 Å². The maximum atomic E-state index is 12.7. The van der Waals surface area contributed by atoms with E-state index in [-0.39, 0.29) is 6.03 Å². The fourth-order valence-electron chi connectivity index (χ4n) is 3.50. The fourth-order valence-corrected chi connectivity index (χ4v) is 3.50. The predicted octanol–water partition coefficient (Wildman–Crippen LogP) is 3.24. The van der Waals surface area contributed by atoms with E-state index < -0.39 is 0 Å². The lowest BCUT2D eigenvalue weighted by molar-refractivity contribution is 0.208. The molecule has 156 valence electrons. The molecule has 30 heavy (non-hydrogen) atoms. The van der Waals surface area contributed by atoms with Crippen molar-refractivity contribution in [2.45, 2.75) is 0 Å². The fraction of sp³-hybridized carbons (Fsp3) is 0.273. The van der Waals surface area contributed by atoms with Gasteiger partial charge in [0, 0.05) is 50.2 Å². The Morgan fingerprint density at radius 3 is 2.33 bits per heavy atom. The number of anilines is 2. The van der Waals surface area contributed by atoms with Gasteiger partial charge in [-0.1, -0.05) is 18.2 Å². The Balaban J connectivity index is 1.37. The first-order chi connectivity index (χ1) is 14.7. The van der Waals surface area contributed by atoms with Gasteiger partial charge >= 0.3 is 6.03 Å². The molecule has 8 nitrogen and oxygen atoms in total. The third-order valence-corrected chi connectivity index (χ3v) is 5.14. The maximum Gasteiger partial charge on any atom is 0.323 e. The number of carbonyl (C=O) groups is 1. The molecule has 1 fully saturated rings. The number of hydrogen-bond donors (Lipinski definition) is 1. The summed E-state index contributed by atoms with van der Waals surface area (Å²) in [6.07, 6.45) is 1.80. The molecule has 0 atom stereocenters. The SMILES string of the molecule is COc1ccc(-n2ccc(NC(=O)N3CCN(c4ccccc4)CC3)n2)cc1OC. The first-order valence-corrected chi connectivity index (χ1v) is 9.82. The van der Waals surface area contributed by atoms with Gasteiger partial charge < -0.3 is 19.3 Å². The standard InChI is InChI=1S/C22H25N5O3/c1-29-19-9-8-18(16-20(19)30-2)27-11-10-21(24-27)23-22(28)26-14-12-25(13-15-26)17-6-4-3-5-7-17/h3-11,16H,12-15H2,1-2H3,(H,23,24,28). The number of para-hydroxylation sites is 1. The molecule has 0 aliphatic carbocycles. The third kappa shape index (κ3) is 4.17. The van der Waals surface area contributed by atoms with Crippen LogP contribution in [0.1, 0.15) is 0 Å². The molecule has 2 heterocycles.